The molecule has 0 N–H and O–H groups in total. The molecule has 148 valence electrons. The lowest BCUT2D eigenvalue weighted by atomic mass is 9.82. The summed E-state index contributed by atoms with van der Waals surface area (Å²) in [5.74, 6) is 2.80. The van der Waals surface area contributed by atoms with Crippen LogP contribution in [0.25, 0.3) is 0 Å². The second-order valence-corrected chi connectivity index (χ2v) is 9.28. The predicted molar refractivity (Wildman–Crippen MR) is 126 cm³/mol. The van der Waals surface area contributed by atoms with Crippen LogP contribution in [-0.4, -0.2) is 0 Å². The van der Waals surface area contributed by atoms with E-state index in [1.165, 1.54) is 11.1 Å². The SMILES string of the molecule is C#CCC(C)(C)c1ccc(N(c2ccccc2)c2ccc(C(C)(C)C)cc2)cc1. The summed E-state index contributed by atoms with van der Waals surface area (Å²) in [6.07, 6.45) is 6.29. The zero-order chi connectivity index (χ0) is 21.1. The van der Waals surface area contributed by atoms with Crippen LogP contribution in [0.15, 0.2) is 78.9 Å². The fourth-order valence-electron chi connectivity index (χ4n) is 3.55. The van der Waals surface area contributed by atoms with Crippen molar-refractivity contribution in [3.05, 3.63) is 90.0 Å². The highest BCUT2D eigenvalue weighted by atomic mass is 15.1. The van der Waals surface area contributed by atoms with Crippen LogP contribution in [0.2, 0.25) is 0 Å². The first-order valence-electron chi connectivity index (χ1n) is 10.2. The lowest BCUT2D eigenvalue weighted by Gasteiger charge is -2.28. The smallest absolute Gasteiger partial charge is 0.0461 e. The number of hydrogen-bond acceptors (Lipinski definition) is 1. The maximum Gasteiger partial charge on any atom is 0.0461 e. The van der Waals surface area contributed by atoms with Crippen molar-refractivity contribution < 1.29 is 0 Å². The minimum atomic E-state index is -0.0286. The molecule has 3 rings (SSSR count). The van der Waals surface area contributed by atoms with E-state index in [-0.39, 0.29) is 10.8 Å². The lowest BCUT2D eigenvalue weighted by Crippen LogP contribution is -2.16. The summed E-state index contributed by atoms with van der Waals surface area (Å²) in [4.78, 5) is 2.30. The normalized spacial score (nSPS) is 11.7. The molecule has 0 fully saturated rings. The number of terminal acetylenes is 1. The highest BCUT2D eigenvalue weighted by Crippen LogP contribution is 2.37. The van der Waals surface area contributed by atoms with E-state index in [2.05, 4.69) is 124 Å². The molecule has 0 spiro atoms. The number of nitrogens with zero attached hydrogens (tertiary/aromatic N) is 1. The van der Waals surface area contributed by atoms with Crippen molar-refractivity contribution in [3.8, 4) is 12.3 Å². The fourth-order valence-corrected chi connectivity index (χ4v) is 3.55. The van der Waals surface area contributed by atoms with E-state index >= 15 is 0 Å². The second-order valence-electron chi connectivity index (χ2n) is 9.28. The van der Waals surface area contributed by atoms with Gasteiger partial charge < -0.3 is 4.90 Å². The van der Waals surface area contributed by atoms with Gasteiger partial charge in [-0.2, -0.15) is 0 Å². The molecule has 0 aromatic heterocycles. The molecule has 0 saturated carbocycles. The molecule has 0 aliphatic carbocycles. The molecule has 29 heavy (non-hydrogen) atoms. The Morgan fingerprint density at radius 3 is 1.55 bits per heavy atom. The quantitative estimate of drug-likeness (QED) is 0.408. The highest BCUT2D eigenvalue weighted by molar-refractivity contribution is 5.76. The van der Waals surface area contributed by atoms with Crippen LogP contribution < -0.4 is 4.90 Å². The summed E-state index contributed by atoms with van der Waals surface area (Å²) in [6.45, 7) is 11.1. The van der Waals surface area contributed by atoms with Crippen molar-refractivity contribution in [2.75, 3.05) is 4.90 Å². The van der Waals surface area contributed by atoms with Crippen LogP contribution in [-0.2, 0) is 10.8 Å². The average molecular weight is 382 g/mol. The molecule has 0 saturated heterocycles. The van der Waals surface area contributed by atoms with E-state index in [1.54, 1.807) is 0 Å². The molecule has 3 aromatic rings. The minimum absolute atomic E-state index is 0.0286. The topological polar surface area (TPSA) is 3.24 Å². The van der Waals surface area contributed by atoms with E-state index < -0.39 is 0 Å². The Kier molecular flexibility index (Phi) is 5.85. The third-order valence-electron chi connectivity index (χ3n) is 5.46. The van der Waals surface area contributed by atoms with Gasteiger partial charge in [0, 0.05) is 28.9 Å². The number of rotatable bonds is 5. The van der Waals surface area contributed by atoms with Gasteiger partial charge in [-0.3, -0.25) is 0 Å². The molecule has 0 heterocycles. The monoisotopic (exact) mass is 381 g/mol. The van der Waals surface area contributed by atoms with Crippen LogP contribution in [0.5, 0.6) is 0 Å². The first-order valence-corrected chi connectivity index (χ1v) is 10.2. The van der Waals surface area contributed by atoms with E-state index in [1.807, 2.05) is 0 Å². The van der Waals surface area contributed by atoms with E-state index in [9.17, 15) is 0 Å². The van der Waals surface area contributed by atoms with Gasteiger partial charge in [0.1, 0.15) is 0 Å². The largest absolute Gasteiger partial charge is 0.311 e. The third kappa shape index (κ3) is 4.72. The van der Waals surface area contributed by atoms with Gasteiger partial charge in [0.05, 0.1) is 0 Å². The minimum Gasteiger partial charge on any atom is -0.311 e. The Morgan fingerprint density at radius 2 is 1.10 bits per heavy atom. The molecule has 0 bridgehead atoms. The maximum atomic E-state index is 5.57. The molecular weight excluding hydrogens is 350 g/mol. The van der Waals surface area contributed by atoms with E-state index in [0.717, 1.165) is 23.5 Å². The predicted octanol–water partition coefficient (Wildman–Crippen LogP) is 7.75. The molecule has 0 atom stereocenters. The number of benzene rings is 3. The van der Waals surface area contributed by atoms with Gasteiger partial charge in [0.15, 0.2) is 0 Å². The van der Waals surface area contributed by atoms with Crippen molar-refractivity contribution in [2.24, 2.45) is 0 Å². The fraction of sp³-hybridized carbons (Fsp3) is 0.286. The highest BCUT2D eigenvalue weighted by Gasteiger charge is 2.20. The summed E-state index contributed by atoms with van der Waals surface area (Å²) in [6, 6.07) is 28.2. The molecule has 0 unspecified atom stereocenters. The summed E-state index contributed by atoms with van der Waals surface area (Å²) in [5.41, 5.74) is 6.14. The maximum absolute atomic E-state index is 5.57. The van der Waals surface area contributed by atoms with E-state index in [4.69, 9.17) is 6.42 Å². The van der Waals surface area contributed by atoms with Crippen LogP contribution in [0.4, 0.5) is 17.1 Å². The van der Waals surface area contributed by atoms with Crippen LogP contribution in [0.3, 0.4) is 0 Å². The second kappa shape index (κ2) is 8.18. The van der Waals surface area contributed by atoms with Crippen LogP contribution in [0.1, 0.15) is 52.2 Å². The van der Waals surface area contributed by atoms with Crippen molar-refractivity contribution in [3.63, 3.8) is 0 Å². The molecule has 0 aliphatic rings. The zero-order valence-electron chi connectivity index (χ0n) is 18.2. The molecule has 0 amide bonds. The Balaban J connectivity index is 2.03. The van der Waals surface area contributed by atoms with Gasteiger partial charge >= 0.3 is 0 Å². The third-order valence-corrected chi connectivity index (χ3v) is 5.46. The molecule has 1 nitrogen and oxygen atoms in total. The standard InChI is InChI=1S/C28H31N/c1-7-21-28(5,6)23-15-19-26(20-16-23)29(24-11-9-8-10-12-24)25-17-13-22(14-18-25)27(2,3)4/h1,8-20H,21H2,2-6H3. The Hall–Kier alpha value is -2.98. The molecule has 1 heteroatoms. The summed E-state index contributed by atoms with van der Waals surface area (Å²) >= 11 is 0. The van der Waals surface area contributed by atoms with Gasteiger partial charge in [-0.15, -0.1) is 12.3 Å². The van der Waals surface area contributed by atoms with Crippen molar-refractivity contribution in [1.29, 1.82) is 0 Å². The van der Waals surface area contributed by atoms with Gasteiger partial charge in [-0.05, 0) is 52.9 Å². The summed E-state index contributed by atoms with van der Waals surface area (Å²) in [7, 11) is 0. The number of hydrogen-bond donors (Lipinski definition) is 0. The number of anilines is 3. The molecule has 0 aliphatic heterocycles. The van der Waals surface area contributed by atoms with E-state index in [0.29, 0.717) is 0 Å². The Labute approximate surface area is 176 Å². The molecule has 3 aromatic carbocycles. The summed E-state index contributed by atoms with van der Waals surface area (Å²) < 4.78 is 0. The van der Waals surface area contributed by atoms with Gasteiger partial charge in [0.25, 0.3) is 0 Å². The first kappa shape index (κ1) is 20.7. The molecular formula is C28H31N. The Bertz CT molecular complexity index is 966. The Morgan fingerprint density at radius 1 is 0.655 bits per heavy atom. The first-order chi connectivity index (χ1) is 13.7. The summed E-state index contributed by atoms with van der Waals surface area (Å²) in [5, 5.41) is 0. The van der Waals surface area contributed by atoms with Crippen molar-refractivity contribution >= 4 is 17.1 Å². The molecule has 0 radical (unpaired) electrons. The van der Waals surface area contributed by atoms with Crippen molar-refractivity contribution in [1.82, 2.24) is 0 Å². The average Bonchev–Trinajstić information content (AvgIpc) is 2.69. The van der Waals surface area contributed by atoms with Crippen LogP contribution >= 0.6 is 0 Å². The van der Waals surface area contributed by atoms with Crippen LogP contribution in [0, 0.1) is 12.3 Å². The van der Waals surface area contributed by atoms with Crippen molar-refractivity contribution in [2.45, 2.75) is 51.9 Å². The van der Waals surface area contributed by atoms with Gasteiger partial charge in [-0.1, -0.05) is 77.1 Å². The lowest BCUT2D eigenvalue weighted by molar-refractivity contribution is 0.543. The van der Waals surface area contributed by atoms with Gasteiger partial charge in [0.2, 0.25) is 0 Å². The van der Waals surface area contributed by atoms with Gasteiger partial charge in [-0.25, -0.2) is 0 Å². The zero-order valence-corrected chi connectivity index (χ0v) is 18.2. The number of para-hydroxylation sites is 1.